The summed E-state index contributed by atoms with van der Waals surface area (Å²) < 4.78 is 10.7. The highest BCUT2D eigenvalue weighted by Gasteiger charge is 2.27. The molecular formula is C10H10N2O4. The molecule has 1 heterocycles. The van der Waals surface area contributed by atoms with Crippen molar-refractivity contribution < 1.29 is 19.1 Å². The molecule has 84 valence electrons. The van der Waals surface area contributed by atoms with Crippen LogP contribution in [0.25, 0.3) is 0 Å². The van der Waals surface area contributed by atoms with Crippen LogP contribution in [0, 0.1) is 0 Å². The van der Waals surface area contributed by atoms with E-state index in [0.717, 1.165) is 0 Å². The van der Waals surface area contributed by atoms with Gasteiger partial charge < -0.3 is 15.2 Å². The predicted octanol–water partition coefficient (Wildman–Crippen LogP) is 0.0213. The normalized spacial score (nSPS) is 17.6. The average Bonchev–Trinajstić information content (AvgIpc) is 2.27. The molecule has 16 heavy (non-hydrogen) atoms. The third-order valence-corrected chi connectivity index (χ3v) is 2.05. The first kappa shape index (κ1) is 10.3. The van der Waals surface area contributed by atoms with Crippen molar-refractivity contribution in [2.24, 2.45) is 5.73 Å². The quantitative estimate of drug-likeness (QED) is 0.700. The van der Waals surface area contributed by atoms with Gasteiger partial charge in [-0.25, -0.2) is 4.79 Å². The van der Waals surface area contributed by atoms with Gasteiger partial charge in [0.1, 0.15) is 6.61 Å². The second kappa shape index (κ2) is 4.09. The molecule has 1 aromatic rings. The monoisotopic (exact) mass is 222 g/mol. The number of nitrogens with two attached hydrogens (primary N) is 1. The van der Waals surface area contributed by atoms with E-state index in [4.69, 9.17) is 15.2 Å². The van der Waals surface area contributed by atoms with Crippen molar-refractivity contribution in [2.45, 2.75) is 6.10 Å². The fourth-order valence-corrected chi connectivity index (χ4v) is 1.35. The molecule has 0 aromatic heterocycles. The molecule has 1 atom stereocenters. The lowest BCUT2D eigenvalue weighted by Gasteiger charge is -2.24. The molecule has 6 heteroatoms. The predicted molar refractivity (Wildman–Crippen MR) is 54.1 cm³/mol. The molecule has 3 N–H and O–H groups in total. The Balaban J connectivity index is 2.08. The summed E-state index contributed by atoms with van der Waals surface area (Å²) in [5, 5.41) is 1.94. The van der Waals surface area contributed by atoms with Crippen molar-refractivity contribution in [2.75, 3.05) is 6.61 Å². The van der Waals surface area contributed by atoms with Gasteiger partial charge in [-0.15, -0.1) is 0 Å². The summed E-state index contributed by atoms with van der Waals surface area (Å²) in [5.74, 6) is 0.436. The Morgan fingerprint density at radius 3 is 2.69 bits per heavy atom. The van der Waals surface area contributed by atoms with E-state index < -0.39 is 18.0 Å². The highest BCUT2D eigenvalue weighted by molar-refractivity contribution is 5.96. The molecule has 0 bridgehead atoms. The molecule has 0 aliphatic carbocycles. The summed E-state index contributed by atoms with van der Waals surface area (Å²) in [6, 6.07) is 6.06. The lowest BCUT2D eigenvalue weighted by atomic mass is 10.2. The number of urea groups is 1. The molecule has 6 nitrogen and oxygen atoms in total. The molecule has 1 aliphatic heterocycles. The van der Waals surface area contributed by atoms with Gasteiger partial charge in [-0.05, 0) is 12.1 Å². The van der Waals surface area contributed by atoms with Gasteiger partial charge in [0.05, 0.1) is 0 Å². The van der Waals surface area contributed by atoms with E-state index in [1.807, 2.05) is 5.32 Å². The molecule has 0 saturated heterocycles. The first-order valence-corrected chi connectivity index (χ1v) is 4.65. The van der Waals surface area contributed by atoms with Gasteiger partial charge in [0.2, 0.25) is 6.10 Å². The number of nitrogens with one attached hydrogen (secondary N) is 1. The van der Waals surface area contributed by atoms with Crippen molar-refractivity contribution in [1.29, 1.82) is 0 Å². The van der Waals surface area contributed by atoms with Gasteiger partial charge in [0.15, 0.2) is 11.5 Å². The van der Waals surface area contributed by atoms with Gasteiger partial charge in [0, 0.05) is 0 Å². The Hall–Kier alpha value is -2.24. The highest BCUT2D eigenvalue weighted by Crippen LogP contribution is 2.30. The summed E-state index contributed by atoms with van der Waals surface area (Å²) in [6.45, 7) is 0.0517. The van der Waals surface area contributed by atoms with Crippen molar-refractivity contribution in [3.8, 4) is 11.5 Å². The maximum Gasteiger partial charge on any atom is 0.318 e. The minimum Gasteiger partial charge on any atom is -0.485 e. The largest absolute Gasteiger partial charge is 0.485 e. The average molecular weight is 222 g/mol. The first-order chi connectivity index (χ1) is 7.66. The van der Waals surface area contributed by atoms with Gasteiger partial charge in [-0.2, -0.15) is 0 Å². The van der Waals surface area contributed by atoms with Crippen molar-refractivity contribution in [1.82, 2.24) is 5.32 Å². The number of rotatable bonds is 1. The zero-order chi connectivity index (χ0) is 11.5. The number of imide groups is 1. The lowest BCUT2D eigenvalue weighted by molar-refractivity contribution is -0.129. The first-order valence-electron chi connectivity index (χ1n) is 4.65. The molecule has 0 unspecified atom stereocenters. The summed E-state index contributed by atoms with van der Waals surface area (Å²) in [7, 11) is 0. The second-order valence-corrected chi connectivity index (χ2v) is 3.22. The van der Waals surface area contributed by atoms with E-state index in [1.165, 1.54) is 0 Å². The third kappa shape index (κ3) is 2.05. The number of primary amides is 1. The summed E-state index contributed by atoms with van der Waals surface area (Å²) in [6.07, 6.45) is -0.859. The van der Waals surface area contributed by atoms with Crippen LogP contribution in [0.2, 0.25) is 0 Å². The van der Waals surface area contributed by atoms with Crippen LogP contribution in [0.4, 0.5) is 4.79 Å². The molecular weight excluding hydrogens is 212 g/mol. The van der Waals surface area contributed by atoms with Crippen molar-refractivity contribution >= 4 is 11.9 Å². The molecule has 3 amide bonds. The van der Waals surface area contributed by atoms with Gasteiger partial charge in [0.25, 0.3) is 5.91 Å². The molecule has 0 spiro atoms. The minimum atomic E-state index is -0.910. The summed E-state index contributed by atoms with van der Waals surface area (Å²) in [5.41, 5.74) is 4.83. The van der Waals surface area contributed by atoms with Crippen molar-refractivity contribution in [3.05, 3.63) is 24.3 Å². The minimum absolute atomic E-state index is 0.0517. The van der Waals surface area contributed by atoms with E-state index in [0.29, 0.717) is 11.5 Å². The van der Waals surface area contributed by atoms with Gasteiger partial charge >= 0.3 is 6.03 Å². The number of hydrogen-bond donors (Lipinski definition) is 2. The number of para-hydroxylation sites is 2. The van der Waals surface area contributed by atoms with E-state index in [9.17, 15) is 9.59 Å². The number of ether oxygens (including phenoxy) is 2. The van der Waals surface area contributed by atoms with E-state index in [1.54, 1.807) is 24.3 Å². The van der Waals surface area contributed by atoms with Gasteiger partial charge in [-0.1, -0.05) is 12.1 Å². The maximum absolute atomic E-state index is 11.4. The molecule has 2 rings (SSSR count). The van der Waals surface area contributed by atoms with E-state index in [-0.39, 0.29) is 6.61 Å². The SMILES string of the molecule is NC(=O)NC(=O)[C@@H]1COc2ccccc2O1. The highest BCUT2D eigenvalue weighted by atomic mass is 16.6. The molecule has 0 fully saturated rings. The zero-order valence-corrected chi connectivity index (χ0v) is 8.30. The van der Waals surface area contributed by atoms with Crippen molar-refractivity contribution in [3.63, 3.8) is 0 Å². The molecule has 0 saturated carbocycles. The number of amides is 3. The molecule has 1 aromatic carbocycles. The number of benzene rings is 1. The van der Waals surface area contributed by atoms with Crippen LogP contribution in [0.1, 0.15) is 0 Å². The van der Waals surface area contributed by atoms with Gasteiger partial charge in [-0.3, -0.25) is 10.1 Å². The van der Waals surface area contributed by atoms with Crippen LogP contribution in [0.5, 0.6) is 11.5 Å². The standard InChI is InChI=1S/C10H10N2O4/c11-10(14)12-9(13)8-5-15-6-3-1-2-4-7(6)16-8/h1-4,8H,5H2,(H3,11,12,13,14)/t8-/m0/s1. The Morgan fingerprint density at radius 2 is 2.00 bits per heavy atom. The van der Waals surface area contributed by atoms with E-state index >= 15 is 0 Å². The number of fused-ring (bicyclic) bond motifs is 1. The molecule has 0 radical (unpaired) electrons. The fraction of sp³-hybridized carbons (Fsp3) is 0.200. The van der Waals surface area contributed by atoms with Crippen LogP contribution in [0.15, 0.2) is 24.3 Å². The maximum atomic E-state index is 11.4. The topological polar surface area (TPSA) is 90.7 Å². The van der Waals surface area contributed by atoms with Crippen LogP contribution >= 0.6 is 0 Å². The Labute approximate surface area is 91.3 Å². The van der Waals surface area contributed by atoms with Crippen LogP contribution in [-0.2, 0) is 4.79 Å². The van der Waals surface area contributed by atoms with Crippen LogP contribution in [0.3, 0.4) is 0 Å². The Bertz CT molecular complexity index is 433. The number of carbonyl (C=O) groups excluding carboxylic acids is 2. The third-order valence-electron chi connectivity index (χ3n) is 2.05. The smallest absolute Gasteiger partial charge is 0.318 e. The molecule has 1 aliphatic rings. The number of hydrogen-bond acceptors (Lipinski definition) is 4. The second-order valence-electron chi connectivity index (χ2n) is 3.22. The summed E-state index contributed by atoms with van der Waals surface area (Å²) >= 11 is 0. The number of carbonyl (C=O) groups is 2. The van der Waals surface area contributed by atoms with Crippen LogP contribution in [-0.4, -0.2) is 24.6 Å². The lowest BCUT2D eigenvalue weighted by Crippen LogP contribution is -2.47. The fourth-order valence-electron chi connectivity index (χ4n) is 1.35. The summed E-state index contributed by atoms with van der Waals surface area (Å²) in [4.78, 5) is 21.9. The Kier molecular flexibility index (Phi) is 2.63. The van der Waals surface area contributed by atoms with Crippen LogP contribution < -0.4 is 20.5 Å². The Morgan fingerprint density at radius 1 is 1.31 bits per heavy atom. The zero-order valence-electron chi connectivity index (χ0n) is 8.30. The van der Waals surface area contributed by atoms with E-state index in [2.05, 4.69) is 0 Å².